The van der Waals surface area contributed by atoms with Gasteiger partial charge in [0, 0.05) is 30.1 Å². The fraction of sp³-hybridized carbons (Fsp3) is 0.714. The van der Waals surface area contributed by atoms with Crippen molar-refractivity contribution in [2.45, 2.75) is 49.3 Å². The van der Waals surface area contributed by atoms with E-state index in [1.807, 2.05) is 11.8 Å². The van der Waals surface area contributed by atoms with Crippen LogP contribution in [-0.2, 0) is 10.2 Å². The van der Waals surface area contributed by atoms with E-state index in [2.05, 4.69) is 41.4 Å². The van der Waals surface area contributed by atoms with Gasteiger partial charge in [0.2, 0.25) is 0 Å². The van der Waals surface area contributed by atoms with E-state index in [9.17, 15) is 0 Å². The molecule has 1 aromatic carbocycles. The fourth-order valence-electron chi connectivity index (χ4n) is 4.08. The van der Waals surface area contributed by atoms with Gasteiger partial charge in [0.25, 0.3) is 0 Å². The van der Waals surface area contributed by atoms with E-state index in [1.165, 1.54) is 55.1 Å². The number of nitrogens with one attached hydrogen (secondary N) is 1. The van der Waals surface area contributed by atoms with Crippen molar-refractivity contribution < 1.29 is 4.74 Å². The van der Waals surface area contributed by atoms with Crippen molar-refractivity contribution in [2.75, 3.05) is 51.7 Å². The normalized spacial score (nSPS) is 20.8. The molecule has 3 rings (SSSR count). The molecule has 0 saturated carbocycles. The second-order valence-corrected chi connectivity index (χ2v) is 8.62. The molecule has 4 heteroatoms. The first kappa shape index (κ1) is 19.2. The third kappa shape index (κ3) is 5.46. The lowest BCUT2D eigenvalue weighted by atomic mass is 9.74. The molecule has 0 aromatic heterocycles. The second-order valence-electron chi connectivity index (χ2n) is 7.45. The summed E-state index contributed by atoms with van der Waals surface area (Å²) in [5.41, 5.74) is 1.74. The first-order valence-electron chi connectivity index (χ1n) is 10.1. The minimum atomic E-state index is 0.257. The van der Waals surface area contributed by atoms with Gasteiger partial charge in [0.05, 0.1) is 0 Å². The molecule has 1 N–H and O–H groups in total. The van der Waals surface area contributed by atoms with Crippen LogP contribution in [0.2, 0.25) is 0 Å². The maximum absolute atomic E-state index is 5.62. The van der Waals surface area contributed by atoms with Crippen LogP contribution in [-0.4, -0.2) is 56.6 Å². The van der Waals surface area contributed by atoms with Crippen molar-refractivity contribution in [1.82, 2.24) is 10.2 Å². The lowest BCUT2D eigenvalue weighted by molar-refractivity contribution is 0.0500. The molecule has 0 unspecified atom stereocenters. The van der Waals surface area contributed by atoms with E-state index in [-0.39, 0.29) is 5.41 Å². The van der Waals surface area contributed by atoms with Crippen LogP contribution in [0.15, 0.2) is 29.2 Å². The number of nitrogens with zero attached hydrogens (tertiary/aromatic N) is 1. The van der Waals surface area contributed by atoms with Crippen LogP contribution in [0.25, 0.3) is 0 Å². The summed E-state index contributed by atoms with van der Waals surface area (Å²) < 4.78 is 5.62. The van der Waals surface area contributed by atoms with E-state index in [0.717, 1.165) is 39.1 Å². The van der Waals surface area contributed by atoms with Gasteiger partial charge in [-0.3, -0.25) is 0 Å². The quantitative estimate of drug-likeness (QED) is 0.531. The number of thioether (sulfide) groups is 1. The molecule has 25 heavy (non-hydrogen) atoms. The molecule has 2 fully saturated rings. The Labute approximate surface area is 157 Å². The third-order valence-corrected chi connectivity index (χ3v) is 6.81. The summed E-state index contributed by atoms with van der Waals surface area (Å²) in [6, 6.07) is 9.40. The highest BCUT2D eigenvalue weighted by molar-refractivity contribution is 7.99. The van der Waals surface area contributed by atoms with Crippen LogP contribution in [0.4, 0.5) is 0 Å². The van der Waals surface area contributed by atoms with Gasteiger partial charge in [-0.1, -0.05) is 19.1 Å². The fourth-order valence-corrected chi connectivity index (χ4v) is 4.92. The summed E-state index contributed by atoms with van der Waals surface area (Å²) >= 11 is 2.01. The van der Waals surface area contributed by atoms with Crippen molar-refractivity contribution in [3.8, 4) is 0 Å². The van der Waals surface area contributed by atoms with E-state index < -0.39 is 0 Å². The largest absolute Gasteiger partial charge is 0.381 e. The Hall–Kier alpha value is -0.550. The van der Waals surface area contributed by atoms with E-state index in [0.29, 0.717) is 0 Å². The van der Waals surface area contributed by atoms with Crippen LogP contribution >= 0.6 is 11.8 Å². The lowest BCUT2D eigenvalue weighted by Crippen LogP contribution is -2.42. The SMILES string of the molecule is CCNCC1(c2ccc(SCCCN3CCCC3)cc2)CCOCC1. The Morgan fingerprint density at radius 2 is 1.84 bits per heavy atom. The molecule has 1 aromatic rings. The van der Waals surface area contributed by atoms with Gasteiger partial charge in [-0.25, -0.2) is 0 Å². The van der Waals surface area contributed by atoms with Crippen LogP contribution in [0.1, 0.15) is 44.6 Å². The monoisotopic (exact) mass is 362 g/mol. The molecule has 0 atom stereocenters. The highest BCUT2D eigenvalue weighted by Crippen LogP contribution is 2.35. The molecule has 0 amide bonds. The van der Waals surface area contributed by atoms with Gasteiger partial charge in [-0.15, -0.1) is 11.8 Å². The summed E-state index contributed by atoms with van der Waals surface area (Å²) in [6.07, 6.45) is 6.35. The smallest absolute Gasteiger partial charge is 0.0475 e. The third-order valence-electron chi connectivity index (χ3n) is 5.72. The molecular formula is C21H34N2OS. The summed E-state index contributed by atoms with van der Waals surface area (Å²) in [5.74, 6) is 1.23. The van der Waals surface area contributed by atoms with Gasteiger partial charge in [-0.2, -0.15) is 0 Å². The van der Waals surface area contributed by atoms with Crippen molar-refractivity contribution in [1.29, 1.82) is 0 Å². The number of hydrogen-bond donors (Lipinski definition) is 1. The first-order chi connectivity index (χ1) is 12.3. The summed E-state index contributed by atoms with van der Waals surface area (Å²) in [7, 11) is 0. The molecule has 2 saturated heterocycles. The Morgan fingerprint density at radius 1 is 1.12 bits per heavy atom. The highest BCUT2D eigenvalue weighted by atomic mass is 32.2. The minimum absolute atomic E-state index is 0.257. The minimum Gasteiger partial charge on any atom is -0.381 e. The van der Waals surface area contributed by atoms with E-state index in [4.69, 9.17) is 4.74 Å². The van der Waals surface area contributed by atoms with Gasteiger partial charge in [0.15, 0.2) is 0 Å². The van der Waals surface area contributed by atoms with Gasteiger partial charge in [-0.05, 0) is 81.7 Å². The summed E-state index contributed by atoms with van der Waals surface area (Å²) in [5, 5.41) is 3.58. The number of likely N-dealkylation sites (N-methyl/N-ethyl adjacent to an activating group) is 1. The zero-order chi connectivity index (χ0) is 17.4. The zero-order valence-corrected chi connectivity index (χ0v) is 16.6. The topological polar surface area (TPSA) is 24.5 Å². The van der Waals surface area contributed by atoms with Crippen LogP contribution in [0.3, 0.4) is 0 Å². The molecule has 140 valence electrons. The Bertz CT molecular complexity index is 493. The molecule has 0 radical (unpaired) electrons. The average Bonchev–Trinajstić information content (AvgIpc) is 3.18. The summed E-state index contributed by atoms with van der Waals surface area (Å²) in [6.45, 7) is 9.97. The van der Waals surface area contributed by atoms with Crippen molar-refractivity contribution in [3.63, 3.8) is 0 Å². The van der Waals surface area contributed by atoms with Crippen molar-refractivity contribution in [2.24, 2.45) is 0 Å². The first-order valence-corrected chi connectivity index (χ1v) is 11.1. The molecule has 2 aliphatic heterocycles. The number of hydrogen-bond acceptors (Lipinski definition) is 4. The maximum Gasteiger partial charge on any atom is 0.0475 e. The molecule has 0 spiro atoms. The Kier molecular flexibility index (Phi) is 7.66. The number of ether oxygens (including phenoxy) is 1. The number of rotatable bonds is 9. The van der Waals surface area contributed by atoms with E-state index in [1.54, 1.807) is 0 Å². The van der Waals surface area contributed by atoms with E-state index >= 15 is 0 Å². The van der Waals surface area contributed by atoms with Gasteiger partial charge >= 0.3 is 0 Å². The average molecular weight is 363 g/mol. The maximum atomic E-state index is 5.62. The lowest BCUT2D eigenvalue weighted by Gasteiger charge is -2.38. The zero-order valence-electron chi connectivity index (χ0n) is 15.8. The Balaban J connectivity index is 1.51. The predicted molar refractivity (Wildman–Crippen MR) is 108 cm³/mol. The van der Waals surface area contributed by atoms with Gasteiger partial charge in [0.1, 0.15) is 0 Å². The van der Waals surface area contributed by atoms with Crippen LogP contribution in [0.5, 0.6) is 0 Å². The predicted octanol–water partition coefficient (Wildman–Crippen LogP) is 3.92. The van der Waals surface area contributed by atoms with Gasteiger partial charge < -0.3 is 15.0 Å². The van der Waals surface area contributed by atoms with Crippen LogP contribution in [0, 0.1) is 0 Å². The highest BCUT2D eigenvalue weighted by Gasteiger charge is 2.33. The molecule has 0 aliphatic carbocycles. The molecule has 0 bridgehead atoms. The summed E-state index contributed by atoms with van der Waals surface area (Å²) in [4.78, 5) is 4.02. The second kappa shape index (κ2) is 9.96. The number of benzene rings is 1. The molecule has 3 nitrogen and oxygen atoms in total. The molecular weight excluding hydrogens is 328 g/mol. The standard InChI is InChI=1S/C21H34N2OS/c1-2-22-18-21(10-15-24-16-11-21)19-6-8-20(9-7-19)25-17-5-14-23-12-3-4-13-23/h6-9,22H,2-5,10-18H2,1H3. The van der Waals surface area contributed by atoms with Crippen molar-refractivity contribution in [3.05, 3.63) is 29.8 Å². The molecule has 2 heterocycles. The number of likely N-dealkylation sites (tertiary alicyclic amines) is 1. The van der Waals surface area contributed by atoms with Crippen LogP contribution < -0.4 is 5.32 Å². The molecule has 2 aliphatic rings. The Morgan fingerprint density at radius 3 is 2.52 bits per heavy atom. The van der Waals surface area contributed by atoms with Crippen molar-refractivity contribution >= 4 is 11.8 Å².